The van der Waals surface area contributed by atoms with Crippen LogP contribution >= 0.6 is 23.2 Å². The van der Waals surface area contributed by atoms with Crippen molar-refractivity contribution in [3.8, 4) is 5.69 Å². The number of aromatic nitrogens is 4. The molecule has 29 heavy (non-hydrogen) atoms. The first kappa shape index (κ1) is 19.1. The van der Waals surface area contributed by atoms with E-state index in [-0.39, 0.29) is 0 Å². The zero-order valence-corrected chi connectivity index (χ0v) is 17.9. The molecule has 2 fully saturated rings. The van der Waals surface area contributed by atoms with Gasteiger partial charge in [0.25, 0.3) is 0 Å². The number of rotatable bonds is 2. The third-order valence-corrected chi connectivity index (χ3v) is 7.51. The van der Waals surface area contributed by atoms with Gasteiger partial charge >= 0.3 is 0 Å². The summed E-state index contributed by atoms with van der Waals surface area (Å²) in [6, 6.07) is 5.79. The first-order chi connectivity index (χ1) is 14.0. The molecule has 5 rings (SSSR count). The minimum Gasteiger partial charge on any atom is -0.355 e. The molecular weight excluding hydrogens is 407 g/mol. The fourth-order valence-electron chi connectivity index (χ4n) is 5.16. The second-order valence-electron chi connectivity index (χ2n) is 8.57. The van der Waals surface area contributed by atoms with Crippen LogP contribution in [0.4, 0.5) is 5.82 Å². The van der Waals surface area contributed by atoms with E-state index in [1.165, 1.54) is 6.42 Å². The number of piperidine rings is 1. The summed E-state index contributed by atoms with van der Waals surface area (Å²) in [5.74, 6) is 1.63. The van der Waals surface area contributed by atoms with Gasteiger partial charge in [0.2, 0.25) is 0 Å². The molecule has 1 aliphatic carbocycles. The van der Waals surface area contributed by atoms with Crippen molar-refractivity contribution in [1.29, 1.82) is 0 Å². The Kier molecular flexibility index (Phi) is 4.68. The van der Waals surface area contributed by atoms with Gasteiger partial charge in [-0.2, -0.15) is 5.10 Å². The van der Waals surface area contributed by atoms with Crippen molar-refractivity contribution in [3.63, 3.8) is 0 Å². The first-order valence-corrected chi connectivity index (χ1v) is 10.9. The summed E-state index contributed by atoms with van der Waals surface area (Å²) in [6.45, 7) is 4.26. The van der Waals surface area contributed by atoms with E-state index < -0.39 is 0 Å². The lowest BCUT2D eigenvalue weighted by atomic mass is 9.74. The van der Waals surface area contributed by atoms with Crippen LogP contribution in [0.15, 0.2) is 30.6 Å². The van der Waals surface area contributed by atoms with Crippen LogP contribution < -0.4 is 10.6 Å². The summed E-state index contributed by atoms with van der Waals surface area (Å²) in [5, 5.41) is 5.38. The van der Waals surface area contributed by atoms with Gasteiger partial charge in [-0.25, -0.2) is 14.6 Å². The first-order valence-electron chi connectivity index (χ1n) is 10.1. The lowest BCUT2D eigenvalue weighted by Gasteiger charge is -2.42. The average molecular weight is 431 g/mol. The monoisotopic (exact) mass is 430 g/mol. The van der Waals surface area contributed by atoms with Gasteiger partial charge in [-0.05, 0) is 49.1 Å². The van der Waals surface area contributed by atoms with Crippen LogP contribution in [0.1, 0.15) is 32.6 Å². The summed E-state index contributed by atoms with van der Waals surface area (Å²) in [6.07, 6.45) is 8.19. The van der Waals surface area contributed by atoms with Crippen molar-refractivity contribution < 1.29 is 0 Å². The molecule has 0 unspecified atom stereocenters. The van der Waals surface area contributed by atoms with E-state index in [9.17, 15) is 0 Å². The van der Waals surface area contributed by atoms with Gasteiger partial charge in [0, 0.05) is 19.1 Å². The summed E-state index contributed by atoms with van der Waals surface area (Å²) in [7, 11) is 0. The molecule has 3 heterocycles. The molecule has 1 saturated carbocycles. The maximum atomic E-state index is 6.50. The zero-order chi connectivity index (χ0) is 20.2. The number of hydrogen-bond acceptors (Lipinski definition) is 5. The Balaban J connectivity index is 1.40. The number of fused-ring (bicyclic) bond motifs is 1. The molecule has 1 aromatic carbocycles. The molecule has 2 aromatic heterocycles. The standard InChI is InChI=1S/C21H24Cl2N6/c1-13-9-17(24)21(10-13)5-7-28(8-6-21)18-12-25-20-15(27-18)11-26-29(20)16-4-2-3-14(22)19(16)23/h2-4,11-13,17H,5-10,24H2,1H3/t13-,17-/m1/s1. The van der Waals surface area contributed by atoms with E-state index in [4.69, 9.17) is 33.9 Å². The van der Waals surface area contributed by atoms with Gasteiger partial charge < -0.3 is 10.6 Å². The number of halogens is 2. The molecular formula is C21H24Cl2N6. The Morgan fingerprint density at radius 1 is 1.17 bits per heavy atom. The largest absolute Gasteiger partial charge is 0.355 e. The molecule has 1 saturated heterocycles. The van der Waals surface area contributed by atoms with Gasteiger partial charge in [-0.15, -0.1) is 0 Å². The molecule has 0 radical (unpaired) electrons. The van der Waals surface area contributed by atoms with Crippen molar-refractivity contribution in [3.05, 3.63) is 40.6 Å². The molecule has 152 valence electrons. The average Bonchev–Trinajstić information content (AvgIpc) is 3.24. The molecule has 3 aromatic rings. The number of benzene rings is 1. The fourth-order valence-corrected chi connectivity index (χ4v) is 5.53. The highest BCUT2D eigenvalue weighted by Gasteiger charge is 2.45. The van der Waals surface area contributed by atoms with Gasteiger partial charge in [-0.3, -0.25) is 0 Å². The summed E-state index contributed by atoms with van der Waals surface area (Å²) in [4.78, 5) is 11.8. The lowest BCUT2D eigenvalue weighted by molar-refractivity contribution is 0.193. The predicted molar refractivity (Wildman–Crippen MR) is 117 cm³/mol. The van der Waals surface area contributed by atoms with E-state index in [0.717, 1.165) is 49.6 Å². The SMILES string of the molecule is C[C@@H]1C[C@@H](N)C2(CCN(c3cnc4c(cnn4-c4cccc(Cl)c4Cl)n3)CC2)C1. The molecule has 2 aliphatic rings. The summed E-state index contributed by atoms with van der Waals surface area (Å²) in [5.41, 5.74) is 8.90. The van der Waals surface area contributed by atoms with Crippen LogP contribution in [0.3, 0.4) is 0 Å². The molecule has 1 spiro atoms. The van der Waals surface area contributed by atoms with Crippen LogP contribution in [0.25, 0.3) is 16.9 Å². The third-order valence-electron chi connectivity index (χ3n) is 6.70. The number of nitrogens with two attached hydrogens (primary N) is 1. The Bertz CT molecular complexity index is 1060. The fraction of sp³-hybridized carbons (Fsp3) is 0.476. The van der Waals surface area contributed by atoms with Crippen LogP contribution in [0, 0.1) is 11.3 Å². The van der Waals surface area contributed by atoms with E-state index >= 15 is 0 Å². The molecule has 0 amide bonds. The van der Waals surface area contributed by atoms with E-state index in [1.807, 2.05) is 18.3 Å². The Morgan fingerprint density at radius 3 is 2.69 bits per heavy atom. The quantitative estimate of drug-likeness (QED) is 0.649. The van der Waals surface area contributed by atoms with Crippen LogP contribution in [-0.4, -0.2) is 38.9 Å². The van der Waals surface area contributed by atoms with Crippen LogP contribution in [0.5, 0.6) is 0 Å². The van der Waals surface area contributed by atoms with Crippen molar-refractivity contribution in [1.82, 2.24) is 19.7 Å². The summed E-state index contributed by atoms with van der Waals surface area (Å²) >= 11 is 12.5. The van der Waals surface area contributed by atoms with Crippen molar-refractivity contribution in [2.75, 3.05) is 18.0 Å². The second kappa shape index (κ2) is 7.11. The van der Waals surface area contributed by atoms with Gasteiger partial charge in [0.1, 0.15) is 11.3 Å². The highest BCUT2D eigenvalue weighted by Crippen LogP contribution is 2.48. The number of nitrogens with zero attached hydrogens (tertiary/aromatic N) is 5. The van der Waals surface area contributed by atoms with Crippen molar-refractivity contribution in [2.45, 2.75) is 38.6 Å². The molecule has 1 aliphatic heterocycles. The minimum absolute atomic E-state index is 0.307. The zero-order valence-electron chi connectivity index (χ0n) is 16.4. The van der Waals surface area contributed by atoms with E-state index in [1.54, 1.807) is 16.9 Å². The predicted octanol–water partition coefficient (Wildman–Crippen LogP) is 4.47. The van der Waals surface area contributed by atoms with Crippen LogP contribution in [0.2, 0.25) is 10.0 Å². The molecule has 2 atom stereocenters. The lowest BCUT2D eigenvalue weighted by Crippen LogP contribution is -2.47. The van der Waals surface area contributed by atoms with Gasteiger partial charge in [0.15, 0.2) is 5.65 Å². The van der Waals surface area contributed by atoms with Gasteiger partial charge in [-0.1, -0.05) is 36.2 Å². The van der Waals surface area contributed by atoms with E-state index in [2.05, 4.69) is 21.9 Å². The molecule has 2 N–H and O–H groups in total. The second-order valence-corrected chi connectivity index (χ2v) is 9.35. The summed E-state index contributed by atoms with van der Waals surface area (Å²) < 4.78 is 1.68. The Hall–Kier alpha value is -1.89. The Morgan fingerprint density at radius 2 is 1.97 bits per heavy atom. The van der Waals surface area contributed by atoms with E-state index in [0.29, 0.717) is 32.8 Å². The maximum absolute atomic E-state index is 6.50. The molecule has 6 nitrogen and oxygen atoms in total. The third kappa shape index (κ3) is 3.18. The van der Waals surface area contributed by atoms with Crippen molar-refractivity contribution >= 4 is 40.2 Å². The minimum atomic E-state index is 0.307. The smallest absolute Gasteiger partial charge is 0.181 e. The molecule has 0 bridgehead atoms. The molecule has 8 heteroatoms. The number of anilines is 1. The highest BCUT2D eigenvalue weighted by atomic mass is 35.5. The van der Waals surface area contributed by atoms with Crippen molar-refractivity contribution in [2.24, 2.45) is 17.1 Å². The number of hydrogen-bond donors (Lipinski definition) is 1. The normalized spacial score (nSPS) is 23.9. The maximum Gasteiger partial charge on any atom is 0.181 e. The van der Waals surface area contributed by atoms with Crippen LogP contribution in [-0.2, 0) is 0 Å². The highest BCUT2D eigenvalue weighted by molar-refractivity contribution is 6.43. The topological polar surface area (TPSA) is 72.9 Å². The Labute approximate surface area is 180 Å². The van der Waals surface area contributed by atoms with Gasteiger partial charge in [0.05, 0.1) is 28.1 Å².